The fourth-order valence-electron chi connectivity index (χ4n) is 2.29. The van der Waals surface area contributed by atoms with Crippen LogP contribution < -0.4 is 20.2 Å². The van der Waals surface area contributed by atoms with Crippen LogP contribution >= 0.6 is 23.2 Å². The maximum atomic E-state index is 11.7. The van der Waals surface area contributed by atoms with E-state index in [9.17, 15) is 9.59 Å². The third kappa shape index (κ3) is 6.93. The number of carbonyl (C=O) groups is 2. The molecule has 30 heavy (non-hydrogen) atoms. The quantitative estimate of drug-likeness (QED) is 0.361. The van der Waals surface area contributed by atoms with Crippen molar-refractivity contribution in [1.29, 1.82) is 0 Å². The molecule has 0 aliphatic carbocycles. The molecule has 0 bridgehead atoms. The number of amides is 2. The highest BCUT2D eigenvalue weighted by atomic mass is 35.5. The molecule has 0 saturated carbocycles. The number of methoxy groups -OCH3 is 1. The molecule has 0 aromatic heterocycles. The zero-order valence-electron chi connectivity index (χ0n) is 16.9. The van der Waals surface area contributed by atoms with Crippen molar-refractivity contribution < 1.29 is 19.1 Å². The smallest absolute Gasteiger partial charge is 0.329 e. The Morgan fingerprint density at radius 2 is 1.90 bits per heavy atom. The van der Waals surface area contributed by atoms with Gasteiger partial charge in [0.1, 0.15) is 6.61 Å². The lowest BCUT2D eigenvalue weighted by Gasteiger charge is -2.12. The van der Waals surface area contributed by atoms with E-state index >= 15 is 0 Å². The first-order valence-electron chi connectivity index (χ1n) is 9.22. The number of hydrogen-bond acceptors (Lipinski definition) is 5. The molecule has 0 spiro atoms. The Hall–Kier alpha value is -2.77. The Labute approximate surface area is 185 Å². The summed E-state index contributed by atoms with van der Waals surface area (Å²) >= 11 is 12.1. The van der Waals surface area contributed by atoms with Crippen molar-refractivity contribution in [3.05, 3.63) is 57.6 Å². The molecule has 0 radical (unpaired) electrons. The van der Waals surface area contributed by atoms with Crippen molar-refractivity contribution in [2.75, 3.05) is 7.11 Å². The largest absolute Gasteiger partial charge is 0.493 e. The zero-order valence-corrected chi connectivity index (χ0v) is 18.4. The van der Waals surface area contributed by atoms with Crippen LogP contribution in [0.2, 0.25) is 10.0 Å². The highest BCUT2D eigenvalue weighted by molar-refractivity contribution is 6.35. The summed E-state index contributed by atoms with van der Waals surface area (Å²) in [5, 5.41) is 7.43. The van der Waals surface area contributed by atoms with Gasteiger partial charge in [-0.3, -0.25) is 9.59 Å². The Morgan fingerprint density at radius 3 is 2.57 bits per heavy atom. The molecule has 2 aromatic carbocycles. The minimum absolute atomic E-state index is 0.0909. The molecule has 1 atom stereocenters. The van der Waals surface area contributed by atoms with Crippen LogP contribution in [0.5, 0.6) is 11.5 Å². The van der Waals surface area contributed by atoms with Gasteiger partial charge in [-0.25, -0.2) is 5.43 Å². The van der Waals surface area contributed by atoms with Crippen LogP contribution in [-0.2, 0) is 16.2 Å². The van der Waals surface area contributed by atoms with Gasteiger partial charge in [-0.2, -0.15) is 5.10 Å². The molecule has 2 aromatic rings. The summed E-state index contributed by atoms with van der Waals surface area (Å²) in [6, 6.07) is 10.2. The van der Waals surface area contributed by atoms with Gasteiger partial charge >= 0.3 is 11.8 Å². The average Bonchev–Trinajstić information content (AvgIpc) is 2.73. The number of hydrazone groups is 1. The summed E-state index contributed by atoms with van der Waals surface area (Å²) < 4.78 is 11.1. The van der Waals surface area contributed by atoms with Crippen molar-refractivity contribution in [2.24, 2.45) is 5.10 Å². The number of nitrogens with zero attached hydrogens (tertiary/aromatic N) is 1. The topological polar surface area (TPSA) is 89.0 Å². The van der Waals surface area contributed by atoms with E-state index in [1.165, 1.54) is 13.3 Å². The summed E-state index contributed by atoms with van der Waals surface area (Å²) in [4.78, 5) is 23.4. The first-order valence-corrected chi connectivity index (χ1v) is 9.98. The fourth-order valence-corrected chi connectivity index (χ4v) is 2.75. The van der Waals surface area contributed by atoms with Gasteiger partial charge in [-0.1, -0.05) is 36.2 Å². The van der Waals surface area contributed by atoms with Crippen molar-refractivity contribution >= 4 is 41.2 Å². The zero-order chi connectivity index (χ0) is 22.1. The standard InChI is InChI=1S/C21H23Cl2N3O4/c1-4-13(2)25-20(27)21(28)26-24-11-14-5-8-18(19(9-14)29-3)30-12-15-6-7-16(22)10-17(15)23/h5-11,13H,4,12H2,1-3H3,(H,25,27)(H,26,28)/b24-11-/t13-/m0/s1. The van der Waals surface area contributed by atoms with Gasteiger partial charge in [-0.05, 0) is 49.2 Å². The van der Waals surface area contributed by atoms with Crippen LogP contribution in [0.3, 0.4) is 0 Å². The predicted octanol–water partition coefficient (Wildman–Crippen LogP) is 3.95. The van der Waals surface area contributed by atoms with Gasteiger partial charge in [0.25, 0.3) is 0 Å². The number of carbonyl (C=O) groups excluding carboxylic acids is 2. The minimum atomic E-state index is -0.835. The van der Waals surface area contributed by atoms with Gasteiger partial charge in [0.2, 0.25) is 0 Å². The van der Waals surface area contributed by atoms with Crippen LogP contribution in [0.15, 0.2) is 41.5 Å². The third-order valence-electron chi connectivity index (χ3n) is 4.16. The summed E-state index contributed by atoms with van der Waals surface area (Å²) in [5.41, 5.74) is 3.62. The molecular formula is C21H23Cl2N3O4. The van der Waals surface area contributed by atoms with Gasteiger partial charge in [0, 0.05) is 21.7 Å². The molecule has 160 valence electrons. The Morgan fingerprint density at radius 1 is 1.13 bits per heavy atom. The third-order valence-corrected chi connectivity index (χ3v) is 4.75. The monoisotopic (exact) mass is 451 g/mol. The van der Waals surface area contributed by atoms with Crippen molar-refractivity contribution in [3.63, 3.8) is 0 Å². The fraction of sp³-hybridized carbons (Fsp3) is 0.286. The molecule has 0 aliphatic heterocycles. The van der Waals surface area contributed by atoms with Gasteiger partial charge in [0.15, 0.2) is 11.5 Å². The van der Waals surface area contributed by atoms with E-state index in [1.54, 1.807) is 36.4 Å². The van der Waals surface area contributed by atoms with E-state index in [2.05, 4.69) is 15.8 Å². The summed E-state index contributed by atoms with van der Waals surface area (Å²) in [7, 11) is 1.51. The molecule has 2 amide bonds. The van der Waals surface area contributed by atoms with Crippen molar-refractivity contribution in [1.82, 2.24) is 10.7 Å². The number of hydrogen-bond donors (Lipinski definition) is 2. The maximum absolute atomic E-state index is 11.7. The molecule has 9 heteroatoms. The molecule has 7 nitrogen and oxygen atoms in total. The van der Waals surface area contributed by atoms with Gasteiger partial charge in [-0.15, -0.1) is 0 Å². The second-order valence-corrected chi connectivity index (χ2v) is 7.26. The van der Waals surface area contributed by atoms with E-state index in [4.69, 9.17) is 32.7 Å². The number of benzene rings is 2. The summed E-state index contributed by atoms with van der Waals surface area (Å²) in [5.74, 6) is -0.579. The van der Waals surface area contributed by atoms with Crippen molar-refractivity contribution in [3.8, 4) is 11.5 Å². The first-order chi connectivity index (χ1) is 14.3. The van der Waals surface area contributed by atoms with Crippen LogP contribution in [0, 0.1) is 0 Å². The molecule has 0 aliphatic rings. The number of rotatable bonds is 8. The number of nitrogens with one attached hydrogen (secondary N) is 2. The lowest BCUT2D eigenvalue weighted by molar-refractivity contribution is -0.139. The lowest BCUT2D eigenvalue weighted by Crippen LogP contribution is -2.41. The Balaban J connectivity index is 1.98. The SMILES string of the molecule is CC[C@H](C)NC(=O)C(=O)N/N=C\c1ccc(OCc2ccc(Cl)cc2Cl)c(OC)c1. The van der Waals surface area contributed by atoms with Crippen LogP contribution in [-0.4, -0.2) is 31.2 Å². The van der Waals surface area contributed by atoms with Crippen LogP contribution in [0.25, 0.3) is 0 Å². The van der Waals surface area contributed by atoms with Crippen LogP contribution in [0.4, 0.5) is 0 Å². The molecular weight excluding hydrogens is 429 g/mol. The second kappa shape index (κ2) is 11.4. The predicted molar refractivity (Wildman–Crippen MR) is 117 cm³/mol. The van der Waals surface area contributed by atoms with E-state index < -0.39 is 11.8 Å². The first kappa shape index (κ1) is 23.5. The highest BCUT2D eigenvalue weighted by Gasteiger charge is 2.14. The number of halogens is 2. The average molecular weight is 452 g/mol. The van der Waals surface area contributed by atoms with E-state index in [0.29, 0.717) is 27.1 Å². The molecule has 0 heterocycles. The van der Waals surface area contributed by atoms with Crippen LogP contribution in [0.1, 0.15) is 31.4 Å². The second-order valence-electron chi connectivity index (χ2n) is 6.42. The minimum Gasteiger partial charge on any atom is -0.493 e. The summed E-state index contributed by atoms with van der Waals surface area (Å²) in [6.45, 7) is 3.96. The van der Waals surface area contributed by atoms with Crippen molar-refractivity contribution in [2.45, 2.75) is 32.9 Å². The maximum Gasteiger partial charge on any atom is 0.329 e. The lowest BCUT2D eigenvalue weighted by atomic mass is 10.2. The number of ether oxygens (including phenoxy) is 2. The van der Waals surface area contributed by atoms with Gasteiger partial charge < -0.3 is 14.8 Å². The highest BCUT2D eigenvalue weighted by Crippen LogP contribution is 2.29. The molecule has 0 saturated heterocycles. The van der Waals surface area contributed by atoms with E-state index in [0.717, 1.165) is 12.0 Å². The molecule has 0 unspecified atom stereocenters. The Kier molecular flexibility index (Phi) is 8.95. The van der Waals surface area contributed by atoms with Gasteiger partial charge in [0.05, 0.1) is 13.3 Å². The summed E-state index contributed by atoms with van der Waals surface area (Å²) in [6.07, 6.45) is 2.12. The van der Waals surface area contributed by atoms with E-state index in [-0.39, 0.29) is 12.6 Å². The normalized spacial score (nSPS) is 11.8. The Bertz CT molecular complexity index is 934. The molecule has 2 N–H and O–H groups in total. The molecule has 0 fully saturated rings. The van der Waals surface area contributed by atoms with E-state index in [1.807, 2.05) is 13.8 Å². The molecule has 2 rings (SSSR count).